The van der Waals surface area contributed by atoms with Crippen LogP contribution in [0.5, 0.6) is 0 Å². The van der Waals surface area contributed by atoms with Gasteiger partial charge >= 0.3 is 19.8 Å². The van der Waals surface area contributed by atoms with Crippen molar-refractivity contribution in [1.82, 2.24) is 0 Å². The Bertz CT molecular complexity index is 981. The summed E-state index contributed by atoms with van der Waals surface area (Å²) in [5, 5.41) is 0. The summed E-state index contributed by atoms with van der Waals surface area (Å²) in [5.41, 5.74) is 5.33. The van der Waals surface area contributed by atoms with Crippen molar-refractivity contribution in [1.29, 1.82) is 0 Å². The molecule has 0 heterocycles. The maximum atomic E-state index is 12.5. The third-order valence-electron chi connectivity index (χ3n) is 8.17. The third-order valence-corrected chi connectivity index (χ3v) is 9.15. The molecule has 0 saturated carbocycles. The number of hydrogen-bond acceptors (Lipinski definition) is 8. The lowest BCUT2D eigenvalue weighted by molar-refractivity contribution is -0.161. The monoisotopic (exact) mass is 740 g/mol. The summed E-state index contributed by atoms with van der Waals surface area (Å²) < 4.78 is 32.7. The first-order chi connectivity index (χ1) is 24.8. The van der Waals surface area contributed by atoms with Gasteiger partial charge in [0.2, 0.25) is 0 Å². The van der Waals surface area contributed by atoms with Crippen molar-refractivity contribution in [2.75, 3.05) is 26.4 Å². The van der Waals surface area contributed by atoms with Crippen molar-refractivity contribution >= 4 is 19.8 Å². The highest BCUT2D eigenvalue weighted by molar-refractivity contribution is 7.47. The molecule has 0 radical (unpaired) electrons. The fourth-order valence-electron chi connectivity index (χ4n) is 5.17. The molecule has 0 aromatic carbocycles. The first kappa shape index (κ1) is 49.0. The number of phosphoric ester groups is 1. The number of rotatable bonds is 37. The van der Waals surface area contributed by atoms with Gasteiger partial charge in [0.1, 0.15) is 6.61 Å². The van der Waals surface area contributed by atoms with Gasteiger partial charge in [-0.2, -0.15) is 0 Å². The number of ether oxygens (including phenoxy) is 2. The zero-order valence-corrected chi connectivity index (χ0v) is 33.2. The Morgan fingerprint density at radius 3 is 1.57 bits per heavy atom. The lowest BCUT2D eigenvalue weighted by Crippen LogP contribution is -2.29. The van der Waals surface area contributed by atoms with E-state index in [1.807, 2.05) is 0 Å². The molecule has 0 aliphatic heterocycles. The fraction of sp³-hybridized carbons (Fsp3) is 0.756. The highest BCUT2D eigenvalue weighted by Gasteiger charge is 2.25. The Kier molecular flexibility index (Phi) is 36.2. The molecular formula is C41H74NO8P. The van der Waals surface area contributed by atoms with E-state index in [2.05, 4.69) is 62.5 Å². The van der Waals surface area contributed by atoms with E-state index in [4.69, 9.17) is 24.3 Å². The van der Waals surface area contributed by atoms with E-state index in [9.17, 15) is 19.0 Å². The van der Waals surface area contributed by atoms with Crippen molar-refractivity contribution in [3.63, 3.8) is 0 Å². The van der Waals surface area contributed by atoms with Gasteiger partial charge in [0.05, 0.1) is 13.2 Å². The van der Waals surface area contributed by atoms with Gasteiger partial charge in [0.15, 0.2) is 6.10 Å². The molecule has 10 heteroatoms. The molecule has 51 heavy (non-hydrogen) atoms. The molecule has 2 unspecified atom stereocenters. The number of nitrogens with two attached hydrogens (primary N) is 1. The summed E-state index contributed by atoms with van der Waals surface area (Å²) >= 11 is 0. The highest BCUT2D eigenvalue weighted by atomic mass is 31.2. The summed E-state index contributed by atoms with van der Waals surface area (Å²) in [6, 6.07) is 0. The predicted octanol–water partition coefficient (Wildman–Crippen LogP) is 11.2. The molecule has 0 saturated heterocycles. The number of carbonyl (C=O) groups excluding carboxylic acids is 2. The largest absolute Gasteiger partial charge is 0.472 e. The maximum absolute atomic E-state index is 12.5. The van der Waals surface area contributed by atoms with E-state index < -0.39 is 32.5 Å². The van der Waals surface area contributed by atoms with Gasteiger partial charge in [0.25, 0.3) is 0 Å². The molecule has 0 aromatic rings. The number of unbranched alkanes of at least 4 members (excludes halogenated alkanes) is 16. The number of carbonyl (C=O) groups is 2. The second kappa shape index (κ2) is 37.7. The van der Waals surface area contributed by atoms with Crippen LogP contribution >= 0.6 is 7.82 Å². The maximum Gasteiger partial charge on any atom is 0.472 e. The molecule has 3 N–H and O–H groups in total. The van der Waals surface area contributed by atoms with Crippen LogP contribution in [0.25, 0.3) is 0 Å². The van der Waals surface area contributed by atoms with Gasteiger partial charge in [-0.1, -0.05) is 133 Å². The van der Waals surface area contributed by atoms with E-state index in [1.54, 1.807) is 0 Å². The molecule has 0 spiro atoms. The second-order valence-electron chi connectivity index (χ2n) is 13.1. The van der Waals surface area contributed by atoms with Crippen molar-refractivity contribution in [2.24, 2.45) is 5.73 Å². The van der Waals surface area contributed by atoms with Crippen LogP contribution in [0.15, 0.2) is 48.6 Å². The Hall–Kier alpha value is -2.03. The van der Waals surface area contributed by atoms with Crippen molar-refractivity contribution in [3.05, 3.63) is 48.6 Å². The molecular weight excluding hydrogens is 665 g/mol. The SMILES string of the molecule is CCC/C=C\C/C=C\CCCCCCCC(=O)OCC(COP(=O)(O)OCCN)OC(=O)CCCCCCCCC/C=C\C/C=C\CCCCC. The van der Waals surface area contributed by atoms with Crippen LogP contribution in [0.2, 0.25) is 0 Å². The van der Waals surface area contributed by atoms with Crippen molar-refractivity contribution in [2.45, 2.75) is 174 Å². The predicted molar refractivity (Wildman–Crippen MR) is 210 cm³/mol. The second-order valence-corrected chi connectivity index (χ2v) is 14.6. The molecule has 0 aliphatic rings. The molecule has 296 valence electrons. The number of esters is 2. The Labute approximate surface area is 311 Å². The smallest absolute Gasteiger partial charge is 0.462 e. The molecule has 0 fully saturated rings. The summed E-state index contributed by atoms with van der Waals surface area (Å²) in [4.78, 5) is 34.8. The average molecular weight is 740 g/mol. The molecule has 9 nitrogen and oxygen atoms in total. The molecule has 2 atom stereocenters. The minimum Gasteiger partial charge on any atom is -0.462 e. The Morgan fingerprint density at radius 1 is 0.588 bits per heavy atom. The van der Waals surface area contributed by atoms with Gasteiger partial charge in [-0.05, 0) is 70.6 Å². The van der Waals surface area contributed by atoms with Crippen LogP contribution in [-0.2, 0) is 32.7 Å². The highest BCUT2D eigenvalue weighted by Crippen LogP contribution is 2.43. The van der Waals surface area contributed by atoms with Gasteiger partial charge in [-0.15, -0.1) is 0 Å². The van der Waals surface area contributed by atoms with Crippen LogP contribution < -0.4 is 5.73 Å². The summed E-state index contributed by atoms with van der Waals surface area (Å²) in [6.07, 6.45) is 41.3. The molecule has 0 aromatic heterocycles. The Morgan fingerprint density at radius 2 is 1.06 bits per heavy atom. The van der Waals surface area contributed by atoms with Crippen LogP contribution in [0.3, 0.4) is 0 Å². The minimum absolute atomic E-state index is 0.0483. The minimum atomic E-state index is -4.38. The van der Waals surface area contributed by atoms with Crippen LogP contribution in [0.1, 0.15) is 168 Å². The molecule has 0 amide bonds. The van der Waals surface area contributed by atoms with Crippen LogP contribution in [0, 0.1) is 0 Å². The summed E-state index contributed by atoms with van der Waals surface area (Å²) in [5.74, 6) is -0.858. The average Bonchev–Trinajstić information content (AvgIpc) is 3.11. The van der Waals surface area contributed by atoms with Gasteiger partial charge in [-0.3, -0.25) is 18.6 Å². The molecule has 0 bridgehead atoms. The summed E-state index contributed by atoms with van der Waals surface area (Å²) in [6.45, 7) is 3.60. The van der Waals surface area contributed by atoms with E-state index >= 15 is 0 Å². The Balaban J connectivity index is 4.23. The van der Waals surface area contributed by atoms with Gasteiger partial charge in [0, 0.05) is 19.4 Å². The molecule has 0 aliphatic carbocycles. The quantitative estimate of drug-likeness (QED) is 0.0276. The van der Waals surface area contributed by atoms with E-state index in [1.165, 1.54) is 51.4 Å². The fourth-order valence-corrected chi connectivity index (χ4v) is 5.94. The topological polar surface area (TPSA) is 134 Å². The zero-order valence-electron chi connectivity index (χ0n) is 32.3. The van der Waals surface area contributed by atoms with E-state index in [0.29, 0.717) is 12.8 Å². The number of allylic oxidation sites excluding steroid dienone is 8. The van der Waals surface area contributed by atoms with E-state index in [-0.39, 0.29) is 32.6 Å². The standard InChI is InChI=1S/C41H74NO8P/c1-3-5-7-9-11-13-15-17-18-19-20-22-24-26-28-30-32-34-41(44)50-39(38-49-51(45,46)48-36-35-42)37-47-40(43)33-31-29-27-25-23-21-16-14-12-10-8-6-4-2/h8,10-11,13-14,16-18,39H,3-7,9,12,15,19-38,42H2,1-2H3,(H,45,46)/b10-8-,13-11-,16-14-,18-17-. The lowest BCUT2D eigenvalue weighted by Gasteiger charge is -2.19. The number of hydrogen-bond donors (Lipinski definition) is 2. The zero-order chi connectivity index (χ0) is 37.5. The first-order valence-corrected chi connectivity index (χ1v) is 21.6. The molecule has 0 rings (SSSR count). The lowest BCUT2D eigenvalue weighted by atomic mass is 10.1. The number of phosphoric acid groups is 1. The normalized spacial score (nSPS) is 13.9. The third kappa shape index (κ3) is 37.5. The first-order valence-electron chi connectivity index (χ1n) is 20.1. The van der Waals surface area contributed by atoms with Gasteiger partial charge < -0.3 is 20.1 Å². The van der Waals surface area contributed by atoms with Crippen LogP contribution in [-0.4, -0.2) is 49.3 Å². The summed E-state index contributed by atoms with van der Waals surface area (Å²) in [7, 11) is -4.38. The van der Waals surface area contributed by atoms with Crippen molar-refractivity contribution < 1.29 is 37.6 Å². The van der Waals surface area contributed by atoms with Crippen molar-refractivity contribution in [3.8, 4) is 0 Å². The van der Waals surface area contributed by atoms with E-state index in [0.717, 1.165) is 77.0 Å². The van der Waals surface area contributed by atoms with Crippen LogP contribution in [0.4, 0.5) is 0 Å². The van der Waals surface area contributed by atoms with Gasteiger partial charge in [-0.25, -0.2) is 4.57 Å².